The number of amides is 2. The third kappa shape index (κ3) is 3.61. The summed E-state index contributed by atoms with van der Waals surface area (Å²) in [4.78, 5) is 48.2. The lowest BCUT2D eigenvalue weighted by atomic mass is 10.1. The number of nitrogens with zero attached hydrogens (tertiary/aromatic N) is 2. The summed E-state index contributed by atoms with van der Waals surface area (Å²) in [6.07, 6.45) is 1.07. The van der Waals surface area contributed by atoms with Crippen LogP contribution in [-0.2, 0) is 19.1 Å². The molecule has 1 aromatic rings. The first-order valence-corrected chi connectivity index (χ1v) is 9.38. The number of nitro benzene ring substituents is 1. The Morgan fingerprint density at radius 1 is 1.48 bits per heavy atom. The van der Waals surface area contributed by atoms with Crippen LogP contribution in [0.15, 0.2) is 18.2 Å². The smallest absolute Gasteiger partial charge is 0.330 e. The topological polar surface area (TPSA) is 119 Å². The number of carbonyl (C=O) groups excluding carboxylic acids is 3. The molecule has 2 aliphatic heterocycles. The Balaban J connectivity index is 1.61. The van der Waals surface area contributed by atoms with Gasteiger partial charge in [0.1, 0.15) is 11.7 Å². The van der Waals surface area contributed by atoms with Crippen molar-refractivity contribution < 1.29 is 24.0 Å². The van der Waals surface area contributed by atoms with Crippen molar-refractivity contribution in [1.82, 2.24) is 4.90 Å². The highest BCUT2D eigenvalue weighted by Gasteiger charge is 2.53. The number of thioether (sulfide) groups is 1. The quantitative estimate of drug-likeness (QED) is 0.460. The molecule has 0 saturated carbocycles. The molecule has 10 heteroatoms. The van der Waals surface area contributed by atoms with Crippen molar-refractivity contribution >= 4 is 40.9 Å². The monoisotopic (exact) mass is 393 g/mol. The largest absolute Gasteiger partial charge is 0.454 e. The lowest BCUT2D eigenvalue weighted by Gasteiger charge is -2.29. The Hall–Kier alpha value is -2.62. The van der Waals surface area contributed by atoms with Gasteiger partial charge in [-0.15, -0.1) is 11.8 Å². The minimum Gasteiger partial charge on any atom is -0.454 e. The summed E-state index contributed by atoms with van der Waals surface area (Å²) < 4.78 is 5.07. The van der Waals surface area contributed by atoms with Gasteiger partial charge in [0.15, 0.2) is 6.61 Å². The highest BCUT2D eigenvalue weighted by Crippen LogP contribution is 2.47. The van der Waals surface area contributed by atoms with Gasteiger partial charge in [0.2, 0.25) is 5.91 Å². The molecule has 3 rings (SSSR count). The molecule has 144 valence electrons. The second-order valence-electron chi connectivity index (χ2n) is 6.65. The fraction of sp³-hybridized carbons (Fsp3) is 0.471. The number of hydrogen-bond acceptors (Lipinski definition) is 7. The predicted octanol–water partition coefficient (Wildman–Crippen LogP) is 1.84. The Morgan fingerprint density at radius 2 is 2.22 bits per heavy atom. The Morgan fingerprint density at radius 3 is 2.93 bits per heavy atom. The number of aryl methyl sites for hydroxylation is 1. The number of esters is 1. The molecular formula is C17H19N3O6S. The molecule has 0 aliphatic carbocycles. The molecule has 0 aromatic heterocycles. The van der Waals surface area contributed by atoms with Crippen LogP contribution in [0, 0.1) is 17.0 Å². The van der Waals surface area contributed by atoms with Crippen LogP contribution < -0.4 is 5.32 Å². The Labute approximate surface area is 159 Å². The number of rotatable bonds is 5. The lowest BCUT2D eigenvalue weighted by Crippen LogP contribution is -2.47. The molecule has 0 spiro atoms. The third-order valence-electron chi connectivity index (χ3n) is 4.77. The van der Waals surface area contributed by atoms with Gasteiger partial charge in [0.05, 0.1) is 9.79 Å². The van der Waals surface area contributed by atoms with E-state index in [1.165, 1.54) is 23.9 Å². The lowest BCUT2D eigenvalue weighted by molar-refractivity contribution is -0.384. The van der Waals surface area contributed by atoms with Crippen LogP contribution in [0.25, 0.3) is 0 Å². The van der Waals surface area contributed by atoms with Crippen LogP contribution in [0.1, 0.15) is 25.3 Å². The number of hydrogen-bond donors (Lipinski definition) is 1. The molecule has 2 fully saturated rings. The van der Waals surface area contributed by atoms with Crippen LogP contribution in [0.3, 0.4) is 0 Å². The minimum atomic E-state index is -0.712. The summed E-state index contributed by atoms with van der Waals surface area (Å²) in [6.45, 7) is 2.97. The SMILES string of the molecule is Cc1cccc([N+](=O)[O-])c1NC(=O)COC(=O)[C@H]1CS[C@]2(C)CCC(=O)N12. The predicted molar refractivity (Wildman–Crippen MR) is 98.2 cm³/mol. The summed E-state index contributed by atoms with van der Waals surface area (Å²) in [6, 6.07) is 3.72. The van der Waals surface area contributed by atoms with Crippen molar-refractivity contribution in [2.24, 2.45) is 0 Å². The molecule has 1 aromatic carbocycles. The number of benzene rings is 1. The first kappa shape index (κ1) is 19.2. The van der Waals surface area contributed by atoms with E-state index in [1.54, 1.807) is 17.9 Å². The van der Waals surface area contributed by atoms with E-state index in [-0.39, 0.29) is 17.3 Å². The third-order valence-corrected chi connectivity index (χ3v) is 6.28. The number of carbonyl (C=O) groups is 3. The van der Waals surface area contributed by atoms with E-state index < -0.39 is 34.3 Å². The number of nitrogens with one attached hydrogen (secondary N) is 1. The molecule has 2 atom stereocenters. The van der Waals surface area contributed by atoms with Crippen molar-refractivity contribution in [1.29, 1.82) is 0 Å². The van der Waals surface area contributed by atoms with E-state index >= 15 is 0 Å². The van der Waals surface area contributed by atoms with Crippen molar-refractivity contribution in [3.8, 4) is 0 Å². The summed E-state index contributed by atoms with van der Waals surface area (Å²) in [5.74, 6) is -0.992. The zero-order chi connectivity index (χ0) is 19.8. The molecule has 9 nitrogen and oxygen atoms in total. The highest BCUT2D eigenvalue weighted by molar-refractivity contribution is 8.01. The van der Waals surface area contributed by atoms with Gasteiger partial charge in [-0.1, -0.05) is 12.1 Å². The maximum absolute atomic E-state index is 12.4. The summed E-state index contributed by atoms with van der Waals surface area (Å²) in [7, 11) is 0. The Bertz CT molecular complexity index is 829. The fourth-order valence-electron chi connectivity index (χ4n) is 3.37. The van der Waals surface area contributed by atoms with Gasteiger partial charge < -0.3 is 15.0 Å². The Kier molecular flexibility index (Phi) is 5.09. The average molecular weight is 393 g/mol. The van der Waals surface area contributed by atoms with Gasteiger partial charge in [0, 0.05) is 18.2 Å². The van der Waals surface area contributed by atoms with E-state index in [2.05, 4.69) is 5.32 Å². The molecule has 0 bridgehead atoms. The van der Waals surface area contributed by atoms with E-state index in [0.717, 1.165) is 0 Å². The van der Waals surface area contributed by atoms with Crippen LogP contribution in [0.4, 0.5) is 11.4 Å². The highest BCUT2D eigenvalue weighted by atomic mass is 32.2. The maximum Gasteiger partial charge on any atom is 0.330 e. The van der Waals surface area contributed by atoms with Crippen LogP contribution in [0.5, 0.6) is 0 Å². The first-order chi connectivity index (χ1) is 12.7. The molecule has 2 saturated heterocycles. The minimum absolute atomic E-state index is 0.0715. The summed E-state index contributed by atoms with van der Waals surface area (Å²) in [5, 5.41) is 13.5. The van der Waals surface area contributed by atoms with Crippen molar-refractivity contribution in [2.75, 3.05) is 17.7 Å². The standard InChI is InChI=1S/C17H19N3O6S/c1-10-4-3-5-11(20(24)25)15(10)18-13(21)8-26-16(23)12-9-27-17(2)7-6-14(22)19(12)17/h3-5,12H,6-9H2,1-2H3,(H,18,21)/t12-,17-/m1/s1. The van der Waals surface area contributed by atoms with Gasteiger partial charge in [-0.25, -0.2) is 4.79 Å². The molecule has 1 N–H and O–H groups in total. The fourth-order valence-corrected chi connectivity index (χ4v) is 4.79. The number of fused-ring (bicyclic) bond motifs is 1. The molecule has 0 radical (unpaired) electrons. The summed E-state index contributed by atoms with van der Waals surface area (Å²) in [5.41, 5.74) is 0.358. The van der Waals surface area contributed by atoms with Gasteiger partial charge in [-0.05, 0) is 25.8 Å². The van der Waals surface area contributed by atoms with Gasteiger partial charge in [0.25, 0.3) is 11.6 Å². The van der Waals surface area contributed by atoms with Gasteiger partial charge >= 0.3 is 5.97 Å². The summed E-state index contributed by atoms with van der Waals surface area (Å²) >= 11 is 1.53. The maximum atomic E-state index is 12.4. The van der Waals surface area contributed by atoms with E-state index in [0.29, 0.717) is 24.2 Å². The normalized spacial score (nSPS) is 23.9. The molecule has 2 heterocycles. The van der Waals surface area contributed by atoms with Crippen molar-refractivity contribution in [2.45, 2.75) is 37.6 Å². The number of ether oxygens (including phenoxy) is 1. The van der Waals surface area contributed by atoms with Crippen molar-refractivity contribution in [3.05, 3.63) is 33.9 Å². The van der Waals surface area contributed by atoms with Gasteiger partial charge in [-0.3, -0.25) is 19.7 Å². The second-order valence-corrected chi connectivity index (χ2v) is 8.15. The second kappa shape index (κ2) is 7.18. The molecular weight excluding hydrogens is 374 g/mol. The van der Waals surface area contributed by atoms with Crippen LogP contribution >= 0.6 is 11.8 Å². The molecule has 2 amide bonds. The van der Waals surface area contributed by atoms with Gasteiger partial charge in [-0.2, -0.15) is 0 Å². The molecule has 2 aliphatic rings. The van der Waals surface area contributed by atoms with E-state index in [9.17, 15) is 24.5 Å². The zero-order valence-electron chi connectivity index (χ0n) is 14.9. The van der Waals surface area contributed by atoms with E-state index in [4.69, 9.17) is 4.74 Å². The molecule has 0 unspecified atom stereocenters. The van der Waals surface area contributed by atoms with Crippen molar-refractivity contribution in [3.63, 3.8) is 0 Å². The number of para-hydroxylation sites is 1. The molecule has 27 heavy (non-hydrogen) atoms. The zero-order valence-corrected chi connectivity index (χ0v) is 15.7. The van der Waals surface area contributed by atoms with Crippen LogP contribution in [-0.4, -0.2) is 50.9 Å². The van der Waals surface area contributed by atoms with Crippen LogP contribution in [0.2, 0.25) is 0 Å². The average Bonchev–Trinajstić information content (AvgIpc) is 3.10. The first-order valence-electron chi connectivity index (χ1n) is 8.39. The van der Waals surface area contributed by atoms with E-state index in [1.807, 2.05) is 6.92 Å². The number of anilines is 1. The number of nitro groups is 1.